The van der Waals surface area contributed by atoms with Gasteiger partial charge >= 0.3 is 0 Å². The van der Waals surface area contributed by atoms with Crippen LogP contribution in [0.5, 0.6) is 0 Å². The van der Waals surface area contributed by atoms with Crippen molar-refractivity contribution in [2.45, 2.75) is 12.6 Å². The Labute approximate surface area is 131 Å². The number of nitrogens with one attached hydrogen (secondary N) is 1. The van der Waals surface area contributed by atoms with Crippen molar-refractivity contribution in [2.24, 2.45) is 5.73 Å². The molecule has 0 saturated carbocycles. The van der Waals surface area contributed by atoms with E-state index in [1.165, 1.54) is 0 Å². The number of hydrogen-bond donors (Lipinski definition) is 2. The van der Waals surface area contributed by atoms with Crippen molar-refractivity contribution in [1.82, 2.24) is 10.2 Å². The summed E-state index contributed by atoms with van der Waals surface area (Å²) in [5.41, 5.74) is 8.90. The lowest BCUT2D eigenvalue weighted by Crippen LogP contribution is -2.32. The highest BCUT2D eigenvalue weighted by atomic mass is 16.1. The number of benzene rings is 2. The van der Waals surface area contributed by atoms with E-state index in [4.69, 9.17) is 5.73 Å². The quantitative estimate of drug-likeness (QED) is 0.859. The van der Waals surface area contributed by atoms with Crippen molar-refractivity contribution in [3.63, 3.8) is 0 Å². The lowest BCUT2D eigenvalue weighted by Gasteiger charge is -2.14. The van der Waals surface area contributed by atoms with Crippen LogP contribution in [-0.4, -0.2) is 31.4 Å². The van der Waals surface area contributed by atoms with E-state index in [1.807, 2.05) is 68.7 Å². The van der Waals surface area contributed by atoms with Gasteiger partial charge in [0.2, 0.25) is 0 Å². The lowest BCUT2D eigenvalue weighted by atomic mass is 10.1. The predicted molar refractivity (Wildman–Crippen MR) is 89.5 cm³/mol. The summed E-state index contributed by atoms with van der Waals surface area (Å²) in [6.45, 7) is 1.23. The van der Waals surface area contributed by atoms with Gasteiger partial charge in [-0.1, -0.05) is 42.5 Å². The summed E-state index contributed by atoms with van der Waals surface area (Å²) in [4.78, 5) is 14.3. The van der Waals surface area contributed by atoms with Crippen LogP contribution in [0.15, 0.2) is 54.6 Å². The maximum Gasteiger partial charge on any atom is 0.251 e. The highest BCUT2D eigenvalue weighted by Crippen LogP contribution is 2.10. The van der Waals surface area contributed by atoms with E-state index in [-0.39, 0.29) is 11.9 Å². The Kier molecular flexibility index (Phi) is 5.69. The van der Waals surface area contributed by atoms with E-state index in [1.54, 1.807) is 0 Å². The number of hydrogen-bond acceptors (Lipinski definition) is 3. The minimum Gasteiger partial charge on any atom is -0.350 e. The average molecular weight is 297 g/mol. The second-order valence-corrected chi connectivity index (χ2v) is 5.67. The van der Waals surface area contributed by atoms with Crippen LogP contribution in [0.4, 0.5) is 0 Å². The number of amides is 1. The van der Waals surface area contributed by atoms with E-state index in [0.29, 0.717) is 12.1 Å². The molecule has 0 saturated heterocycles. The van der Waals surface area contributed by atoms with Gasteiger partial charge in [0.25, 0.3) is 5.91 Å². The molecule has 1 atom stereocenters. The first-order valence-electron chi connectivity index (χ1n) is 7.38. The number of carbonyl (C=O) groups excluding carboxylic acids is 1. The predicted octanol–water partition coefficient (Wildman–Crippen LogP) is 2.18. The zero-order valence-electron chi connectivity index (χ0n) is 13.1. The summed E-state index contributed by atoms with van der Waals surface area (Å²) < 4.78 is 0. The van der Waals surface area contributed by atoms with Crippen molar-refractivity contribution in [1.29, 1.82) is 0 Å². The second-order valence-electron chi connectivity index (χ2n) is 5.67. The Morgan fingerprint density at radius 2 is 1.86 bits per heavy atom. The number of carbonyl (C=O) groups is 1. The smallest absolute Gasteiger partial charge is 0.251 e. The Morgan fingerprint density at radius 3 is 2.55 bits per heavy atom. The molecule has 0 fully saturated rings. The van der Waals surface area contributed by atoms with Crippen LogP contribution in [-0.2, 0) is 6.54 Å². The first-order chi connectivity index (χ1) is 10.6. The van der Waals surface area contributed by atoms with Crippen molar-refractivity contribution >= 4 is 5.91 Å². The third-order valence-corrected chi connectivity index (χ3v) is 3.40. The molecule has 22 heavy (non-hydrogen) atoms. The highest BCUT2D eigenvalue weighted by molar-refractivity contribution is 5.94. The highest BCUT2D eigenvalue weighted by Gasteiger charge is 2.10. The fourth-order valence-electron chi connectivity index (χ4n) is 2.30. The third-order valence-electron chi connectivity index (χ3n) is 3.40. The molecule has 2 aromatic rings. The number of nitrogens with two attached hydrogens (primary N) is 1. The molecule has 4 nitrogen and oxygen atoms in total. The molecule has 116 valence electrons. The molecule has 0 heterocycles. The lowest BCUT2D eigenvalue weighted by molar-refractivity contribution is 0.0951. The second kappa shape index (κ2) is 7.73. The average Bonchev–Trinajstić information content (AvgIpc) is 2.52. The summed E-state index contributed by atoms with van der Waals surface area (Å²) in [7, 11) is 4.01. The van der Waals surface area contributed by atoms with Gasteiger partial charge in [0.1, 0.15) is 0 Å². The number of nitrogens with zero attached hydrogens (tertiary/aromatic N) is 1. The Hall–Kier alpha value is -2.17. The summed E-state index contributed by atoms with van der Waals surface area (Å²) in [5.74, 6) is -0.0908. The molecule has 0 aliphatic rings. The van der Waals surface area contributed by atoms with E-state index in [0.717, 1.165) is 17.7 Å². The van der Waals surface area contributed by atoms with Crippen LogP contribution < -0.4 is 11.1 Å². The van der Waals surface area contributed by atoms with Gasteiger partial charge in [-0.15, -0.1) is 0 Å². The summed E-state index contributed by atoms with van der Waals surface area (Å²) in [6, 6.07) is 17.2. The zero-order chi connectivity index (χ0) is 15.9. The minimum atomic E-state index is -0.199. The van der Waals surface area contributed by atoms with Gasteiger partial charge in [-0.25, -0.2) is 0 Å². The van der Waals surface area contributed by atoms with Gasteiger partial charge in [0.15, 0.2) is 0 Å². The van der Waals surface area contributed by atoms with Crippen LogP contribution in [0.2, 0.25) is 0 Å². The topological polar surface area (TPSA) is 58.4 Å². The summed E-state index contributed by atoms with van der Waals surface area (Å²) in [6.07, 6.45) is 0. The van der Waals surface area contributed by atoms with Gasteiger partial charge in [-0.2, -0.15) is 0 Å². The van der Waals surface area contributed by atoms with E-state index < -0.39 is 0 Å². The normalized spacial score (nSPS) is 12.2. The Balaban J connectivity index is 1.95. The molecule has 0 spiro atoms. The van der Waals surface area contributed by atoms with Crippen molar-refractivity contribution in [3.05, 3.63) is 71.3 Å². The SMILES string of the molecule is CN(C)Cc1cccc(C(=O)NCC(N)c2ccccc2)c1. The van der Waals surface area contributed by atoms with Crippen molar-refractivity contribution in [2.75, 3.05) is 20.6 Å². The molecule has 2 rings (SSSR count). The van der Waals surface area contributed by atoms with Crippen LogP contribution in [0.1, 0.15) is 27.5 Å². The standard InChI is InChI=1S/C18H23N3O/c1-21(2)13-14-7-6-10-16(11-14)18(22)20-12-17(19)15-8-4-3-5-9-15/h3-11,17H,12-13,19H2,1-2H3,(H,20,22). The summed E-state index contributed by atoms with van der Waals surface area (Å²) in [5, 5.41) is 2.90. The molecular weight excluding hydrogens is 274 g/mol. The fraction of sp³-hybridized carbons (Fsp3) is 0.278. The first-order valence-corrected chi connectivity index (χ1v) is 7.38. The van der Waals surface area contributed by atoms with E-state index in [2.05, 4.69) is 10.2 Å². The molecule has 0 radical (unpaired) electrons. The van der Waals surface area contributed by atoms with Gasteiger partial charge in [0.05, 0.1) is 0 Å². The molecule has 4 heteroatoms. The number of rotatable bonds is 6. The molecule has 1 unspecified atom stereocenters. The van der Waals surface area contributed by atoms with Crippen LogP contribution in [0.3, 0.4) is 0 Å². The Morgan fingerprint density at radius 1 is 1.14 bits per heavy atom. The zero-order valence-corrected chi connectivity index (χ0v) is 13.1. The molecular formula is C18H23N3O. The maximum atomic E-state index is 12.2. The van der Waals surface area contributed by atoms with Crippen molar-refractivity contribution < 1.29 is 4.79 Å². The van der Waals surface area contributed by atoms with Gasteiger partial charge in [0, 0.05) is 24.7 Å². The molecule has 3 N–H and O–H groups in total. The molecule has 2 aromatic carbocycles. The minimum absolute atomic E-state index is 0.0908. The molecule has 0 bridgehead atoms. The fourth-order valence-corrected chi connectivity index (χ4v) is 2.30. The van der Waals surface area contributed by atoms with Gasteiger partial charge in [-0.3, -0.25) is 4.79 Å². The van der Waals surface area contributed by atoms with Gasteiger partial charge < -0.3 is 16.0 Å². The molecule has 0 aliphatic heterocycles. The van der Waals surface area contributed by atoms with Crippen molar-refractivity contribution in [3.8, 4) is 0 Å². The van der Waals surface area contributed by atoms with Crippen LogP contribution in [0.25, 0.3) is 0 Å². The summed E-state index contributed by atoms with van der Waals surface area (Å²) >= 11 is 0. The first kappa shape index (κ1) is 16.2. The van der Waals surface area contributed by atoms with Gasteiger partial charge in [-0.05, 0) is 37.4 Å². The van der Waals surface area contributed by atoms with Crippen LogP contribution >= 0.6 is 0 Å². The maximum absolute atomic E-state index is 12.2. The van der Waals surface area contributed by atoms with E-state index in [9.17, 15) is 4.79 Å². The van der Waals surface area contributed by atoms with Crippen LogP contribution in [0, 0.1) is 0 Å². The molecule has 0 aromatic heterocycles. The monoisotopic (exact) mass is 297 g/mol. The largest absolute Gasteiger partial charge is 0.350 e. The third kappa shape index (κ3) is 4.69. The van der Waals surface area contributed by atoms with E-state index >= 15 is 0 Å². The molecule has 0 aliphatic carbocycles. The molecule has 1 amide bonds. The Bertz CT molecular complexity index is 611.